The van der Waals surface area contributed by atoms with Crippen molar-refractivity contribution in [3.05, 3.63) is 59.7 Å². The van der Waals surface area contributed by atoms with Crippen LogP contribution < -0.4 is 0 Å². The van der Waals surface area contributed by atoms with Crippen LogP contribution >= 0.6 is 0 Å². The highest BCUT2D eigenvalue weighted by Crippen LogP contribution is 2.23. The summed E-state index contributed by atoms with van der Waals surface area (Å²) in [7, 11) is 0. The first-order chi connectivity index (χ1) is 12.2. The van der Waals surface area contributed by atoms with Crippen molar-refractivity contribution in [2.24, 2.45) is 0 Å². The summed E-state index contributed by atoms with van der Waals surface area (Å²) in [6.07, 6.45) is 4.87. The highest BCUT2D eigenvalue weighted by molar-refractivity contribution is 5.55. The Morgan fingerprint density at radius 1 is 1.12 bits per heavy atom. The van der Waals surface area contributed by atoms with Gasteiger partial charge in [0.1, 0.15) is 18.1 Å². The smallest absolute Gasteiger partial charge is 0.159 e. The Labute approximate surface area is 143 Å². The summed E-state index contributed by atoms with van der Waals surface area (Å²) < 4.78 is 28.3. The normalized spacial score (nSPS) is 14.5. The highest BCUT2D eigenvalue weighted by Gasteiger charge is 2.20. The zero-order chi connectivity index (χ0) is 17.2. The molecule has 0 radical (unpaired) electrons. The quantitative estimate of drug-likeness (QED) is 0.728. The Morgan fingerprint density at radius 3 is 2.72 bits per heavy atom. The second kappa shape index (κ2) is 6.64. The number of rotatable bonds is 4. The molecule has 0 bridgehead atoms. The molecule has 8 heteroatoms. The van der Waals surface area contributed by atoms with Crippen molar-refractivity contribution in [2.75, 3.05) is 6.54 Å². The molecule has 0 spiro atoms. The first-order valence-corrected chi connectivity index (χ1v) is 7.98. The topological polar surface area (TPSA) is 59.7 Å². The number of aromatic nitrogens is 5. The van der Waals surface area contributed by atoms with Crippen LogP contribution in [-0.2, 0) is 26.3 Å². The van der Waals surface area contributed by atoms with Crippen molar-refractivity contribution in [1.82, 2.24) is 29.6 Å². The molecule has 0 aliphatic carbocycles. The molecule has 0 saturated carbocycles. The molecule has 4 heterocycles. The Bertz CT molecular complexity index is 877. The number of hydrogen-bond donors (Lipinski definition) is 0. The van der Waals surface area contributed by atoms with E-state index in [1.54, 1.807) is 24.7 Å². The molecular weight excluding hydrogens is 326 g/mol. The molecule has 6 nitrogen and oxygen atoms in total. The molecule has 0 atom stereocenters. The molecule has 0 saturated heterocycles. The molecule has 0 unspecified atom stereocenters. The molecule has 3 aromatic rings. The number of pyridine rings is 1. The minimum Gasteiger partial charge on any atom is -0.291 e. The van der Waals surface area contributed by atoms with Crippen LogP contribution in [0.25, 0.3) is 11.4 Å². The zero-order valence-corrected chi connectivity index (χ0v) is 13.4. The summed E-state index contributed by atoms with van der Waals surface area (Å²) in [4.78, 5) is 14.3. The maximum absolute atomic E-state index is 13.9. The molecule has 128 valence electrons. The van der Waals surface area contributed by atoms with Crippen molar-refractivity contribution in [2.45, 2.75) is 26.3 Å². The van der Waals surface area contributed by atoms with Gasteiger partial charge >= 0.3 is 0 Å². The van der Waals surface area contributed by atoms with Gasteiger partial charge in [-0.15, -0.1) is 0 Å². The second-order valence-corrected chi connectivity index (χ2v) is 5.93. The number of fused-ring (bicyclic) bond motifs is 1. The Balaban J connectivity index is 1.50. The maximum Gasteiger partial charge on any atom is 0.159 e. The van der Waals surface area contributed by atoms with Crippen molar-refractivity contribution in [3.8, 4) is 11.4 Å². The minimum absolute atomic E-state index is 0.197. The maximum atomic E-state index is 13.9. The Hall–Kier alpha value is -2.74. The van der Waals surface area contributed by atoms with Crippen LogP contribution in [0.2, 0.25) is 0 Å². The van der Waals surface area contributed by atoms with Gasteiger partial charge in [0.15, 0.2) is 11.6 Å². The van der Waals surface area contributed by atoms with Crippen LogP contribution in [0.1, 0.15) is 17.1 Å². The van der Waals surface area contributed by atoms with Crippen LogP contribution in [0.4, 0.5) is 8.78 Å². The first kappa shape index (κ1) is 15.8. The van der Waals surface area contributed by atoms with E-state index in [0.717, 1.165) is 17.8 Å². The molecule has 1 aliphatic heterocycles. The van der Waals surface area contributed by atoms with Gasteiger partial charge in [-0.25, -0.2) is 18.7 Å². The van der Waals surface area contributed by atoms with E-state index in [9.17, 15) is 8.78 Å². The van der Waals surface area contributed by atoms with Gasteiger partial charge < -0.3 is 0 Å². The molecule has 3 aromatic heterocycles. The predicted octanol–water partition coefficient (Wildman–Crippen LogP) is 2.36. The fourth-order valence-corrected chi connectivity index (χ4v) is 2.94. The van der Waals surface area contributed by atoms with Crippen LogP contribution in [-0.4, -0.2) is 36.2 Å². The number of alkyl halides is 1. The van der Waals surface area contributed by atoms with E-state index in [1.807, 2.05) is 10.7 Å². The van der Waals surface area contributed by atoms with E-state index in [2.05, 4.69) is 25.0 Å². The van der Waals surface area contributed by atoms with E-state index in [-0.39, 0.29) is 17.3 Å². The van der Waals surface area contributed by atoms with Gasteiger partial charge in [-0.05, 0) is 18.2 Å². The monoisotopic (exact) mass is 342 g/mol. The van der Waals surface area contributed by atoms with E-state index >= 15 is 0 Å². The summed E-state index contributed by atoms with van der Waals surface area (Å²) in [5.74, 6) is -0.178. The van der Waals surface area contributed by atoms with Crippen LogP contribution in [0.3, 0.4) is 0 Å². The fraction of sp³-hybridized carbons (Fsp3) is 0.294. The number of nitrogens with zero attached hydrogens (tertiary/aromatic N) is 6. The van der Waals surface area contributed by atoms with Crippen molar-refractivity contribution < 1.29 is 8.78 Å². The summed E-state index contributed by atoms with van der Waals surface area (Å²) >= 11 is 0. The summed E-state index contributed by atoms with van der Waals surface area (Å²) in [5.41, 5.74) is 2.76. The lowest BCUT2D eigenvalue weighted by molar-refractivity contribution is 0.205. The lowest BCUT2D eigenvalue weighted by Crippen LogP contribution is -2.33. The average molecular weight is 342 g/mol. The summed E-state index contributed by atoms with van der Waals surface area (Å²) in [6.45, 7) is 2.23. The lowest BCUT2D eigenvalue weighted by atomic mass is 10.2. The molecule has 25 heavy (non-hydrogen) atoms. The van der Waals surface area contributed by atoms with E-state index < -0.39 is 6.67 Å². The van der Waals surface area contributed by atoms with Gasteiger partial charge in [0.25, 0.3) is 0 Å². The number of hydrogen-bond acceptors (Lipinski definition) is 5. The molecule has 0 aromatic carbocycles. The Kier molecular flexibility index (Phi) is 4.19. The third-order valence-electron chi connectivity index (χ3n) is 4.16. The van der Waals surface area contributed by atoms with Gasteiger partial charge in [-0.3, -0.25) is 14.6 Å². The fourth-order valence-electron chi connectivity index (χ4n) is 2.94. The molecule has 1 aliphatic rings. The summed E-state index contributed by atoms with van der Waals surface area (Å²) in [6, 6.07) is 4.82. The lowest BCUT2D eigenvalue weighted by Gasteiger charge is -2.27. The van der Waals surface area contributed by atoms with E-state index in [1.165, 1.54) is 6.07 Å². The van der Waals surface area contributed by atoms with Gasteiger partial charge in [0.2, 0.25) is 0 Å². The Morgan fingerprint density at radius 2 is 1.96 bits per heavy atom. The SMILES string of the molecule is FCc1ncc(CN2CCn3nc(-c4ncccc4F)cc3C2)cn1. The highest BCUT2D eigenvalue weighted by atomic mass is 19.1. The number of halogens is 2. The predicted molar refractivity (Wildman–Crippen MR) is 86.4 cm³/mol. The van der Waals surface area contributed by atoms with Crippen LogP contribution in [0.15, 0.2) is 36.8 Å². The largest absolute Gasteiger partial charge is 0.291 e. The van der Waals surface area contributed by atoms with Gasteiger partial charge in [-0.1, -0.05) is 0 Å². The molecule has 0 amide bonds. The third kappa shape index (κ3) is 3.25. The van der Waals surface area contributed by atoms with E-state index in [4.69, 9.17) is 0 Å². The minimum atomic E-state index is -0.657. The van der Waals surface area contributed by atoms with Crippen molar-refractivity contribution >= 4 is 0 Å². The first-order valence-electron chi connectivity index (χ1n) is 7.98. The van der Waals surface area contributed by atoms with Gasteiger partial charge in [0, 0.05) is 43.8 Å². The third-order valence-corrected chi connectivity index (χ3v) is 4.16. The van der Waals surface area contributed by atoms with E-state index in [0.29, 0.717) is 25.3 Å². The zero-order valence-electron chi connectivity index (χ0n) is 13.4. The molecule has 0 fully saturated rings. The van der Waals surface area contributed by atoms with Crippen LogP contribution in [0, 0.1) is 5.82 Å². The summed E-state index contributed by atoms with van der Waals surface area (Å²) in [5, 5.41) is 4.47. The molecule has 4 rings (SSSR count). The van der Waals surface area contributed by atoms with Gasteiger partial charge in [-0.2, -0.15) is 5.10 Å². The van der Waals surface area contributed by atoms with Crippen molar-refractivity contribution in [3.63, 3.8) is 0 Å². The molecule has 0 N–H and O–H groups in total. The van der Waals surface area contributed by atoms with Gasteiger partial charge in [0.05, 0.1) is 12.2 Å². The second-order valence-electron chi connectivity index (χ2n) is 5.93. The van der Waals surface area contributed by atoms with Crippen LogP contribution in [0.5, 0.6) is 0 Å². The van der Waals surface area contributed by atoms with Crippen molar-refractivity contribution in [1.29, 1.82) is 0 Å². The molecular formula is C17H16F2N6. The average Bonchev–Trinajstić information content (AvgIpc) is 3.06. The standard InChI is InChI=1S/C17H16F2N6/c18-7-16-21-8-12(9-22-16)10-24-4-5-25-13(11-24)6-15(23-25)17-14(19)2-1-3-20-17/h1-3,6,8-9H,4-5,7,10-11H2.